The monoisotopic (exact) mass is 587 g/mol. The van der Waals surface area contributed by atoms with E-state index in [2.05, 4.69) is 39.8 Å². The lowest BCUT2D eigenvalue weighted by Crippen LogP contribution is -2.28. The fraction of sp³-hybridized carbons (Fsp3) is 0.320. The van der Waals surface area contributed by atoms with E-state index in [1.807, 2.05) is 13.0 Å². The maximum atomic E-state index is 12.9. The Hall–Kier alpha value is -3.28. The number of nitro benzene ring substituents is 1. The van der Waals surface area contributed by atoms with Crippen molar-refractivity contribution in [3.05, 3.63) is 73.4 Å². The number of hydrogen-bond donors (Lipinski definition) is 0. The smallest absolute Gasteiger partial charge is 0.269 e. The van der Waals surface area contributed by atoms with Gasteiger partial charge in [0, 0.05) is 12.1 Å². The summed E-state index contributed by atoms with van der Waals surface area (Å²) in [6.07, 6.45) is 6.48. The summed E-state index contributed by atoms with van der Waals surface area (Å²) >= 11 is 2.13. The minimum absolute atomic E-state index is 0.0180. The number of hydrazone groups is 1. The molecule has 2 aromatic carbocycles. The lowest BCUT2D eigenvalue weighted by atomic mass is 9.85. The normalized spacial score (nSPS) is 24.5. The Bertz CT molecular complexity index is 1230. The molecule has 0 N–H and O–H groups in total. The first-order valence-corrected chi connectivity index (χ1v) is 12.4. The number of nitrogens with zero attached hydrogens (tertiary/aromatic N) is 3. The molecule has 0 radical (unpaired) electrons. The van der Waals surface area contributed by atoms with E-state index in [0.717, 1.165) is 20.6 Å². The van der Waals surface area contributed by atoms with E-state index in [4.69, 9.17) is 9.47 Å². The molecule has 3 aliphatic rings. The summed E-state index contributed by atoms with van der Waals surface area (Å²) in [4.78, 5) is 36.1. The van der Waals surface area contributed by atoms with Crippen LogP contribution in [0.4, 0.5) is 5.69 Å². The van der Waals surface area contributed by atoms with Crippen LogP contribution < -0.4 is 9.47 Å². The molecule has 0 aromatic heterocycles. The minimum Gasteiger partial charge on any atom is -0.490 e. The van der Waals surface area contributed by atoms with Gasteiger partial charge in [0.2, 0.25) is 0 Å². The summed E-state index contributed by atoms with van der Waals surface area (Å²) < 4.78 is 12.5. The summed E-state index contributed by atoms with van der Waals surface area (Å²) in [5.74, 6) is 0.285. The molecular formula is C25H22IN3O6. The number of carbonyl (C=O) groups is 2. The van der Waals surface area contributed by atoms with Crippen LogP contribution in [0.3, 0.4) is 0 Å². The maximum Gasteiger partial charge on any atom is 0.269 e. The van der Waals surface area contributed by atoms with Crippen LogP contribution >= 0.6 is 22.6 Å². The Morgan fingerprint density at radius 1 is 1.11 bits per heavy atom. The number of amides is 2. The second kappa shape index (κ2) is 9.40. The number of allylic oxidation sites excluding steroid dienone is 2. The van der Waals surface area contributed by atoms with Crippen molar-refractivity contribution in [1.82, 2.24) is 5.01 Å². The Morgan fingerprint density at radius 3 is 2.37 bits per heavy atom. The van der Waals surface area contributed by atoms with Gasteiger partial charge >= 0.3 is 0 Å². The molecule has 1 aliphatic heterocycles. The average Bonchev–Trinajstić information content (AvgIpc) is 3.52. The predicted octanol–water partition coefficient (Wildman–Crippen LogP) is 4.32. The zero-order valence-electron chi connectivity index (χ0n) is 18.8. The van der Waals surface area contributed by atoms with E-state index in [1.165, 1.54) is 18.3 Å². The van der Waals surface area contributed by atoms with Gasteiger partial charge in [0.05, 0.1) is 33.2 Å². The number of halogens is 1. The summed E-state index contributed by atoms with van der Waals surface area (Å²) in [5, 5.41) is 16.1. The van der Waals surface area contributed by atoms with Crippen molar-refractivity contribution in [2.45, 2.75) is 20.0 Å². The van der Waals surface area contributed by atoms with Crippen molar-refractivity contribution in [3.8, 4) is 11.5 Å². The van der Waals surface area contributed by atoms with Crippen LogP contribution in [-0.4, -0.2) is 34.6 Å². The van der Waals surface area contributed by atoms with Gasteiger partial charge in [0.15, 0.2) is 11.5 Å². The maximum absolute atomic E-state index is 12.9. The van der Waals surface area contributed by atoms with Gasteiger partial charge in [-0.3, -0.25) is 19.7 Å². The highest BCUT2D eigenvalue weighted by molar-refractivity contribution is 14.1. The van der Waals surface area contributed by atoms with Crippen molar-refractivity contribution in [2.24, 2.45) is 28.8 Å². The van der Waals surface area contributed by atoms with Gasteiger partial charge in [-0.15, -0.1) is 0 Å². The van der Waals surface area contributed by atoms with Gasteiger partial charge in [0.1, 0.15) is 6.61 Å². The number of rotatable bonds is 8. The topological polar surface area (TPSA) is 111 Å². The second-order valence-corrected chi connectivity index (χ2v) is 9.87. The molecule has 1 saturated heterocycles. The Kier molecular flexibility index (Phi) is 6.30. The fourth-order valence-electron chi connectivity index (χ4n) is 5.06. The van der Waals surface area contributed by atoms with Gasteiger partial charge in [-0.05, 0) is 83.2 Å². The van der Waals surface area contributed by atoms with Gasteiger partial charge in [-0.25, -0.2) is 0 Å². The van der Waals surface area contributed by atoms with Crippen molar-refractivity contribution in [1.29, 1.82) is 0 Å². The van der Waals surface area contributed by atoms with Crippen LogP contribution in [0.2, 0.25) is 0 Å². The van der Waals surface area contributed by atoms with Gasteiger partial charge in [-0.1, -0.05) is 12.2 Å². The number of non-ortho nitro benzene ring substituents is 1. The third-order valence-corrected chi connectivity index (χ3v) is 7.43. The molecule has 2 aliphatic carbocycles. The van der Waals surface area contributed by atoms with Crippen LogP contribution in [0.5, 0.6) is 11.5 Å². The number of ether oxygens (including phenoxy) is 2. The Morgan fingerprint density at radius 2 is 1.77 bits per heavy atom. The molecule has 2 aromatic rings. The molecule has 1 saturated carbocycles. The standard InChI is InChI=1S/C25H22IN3O6/c1-2-34-20-10-15(9-19(26)23(20)35-13-14-3-7-18(8-4-14)29(32)33)12-27-28-24(30)21-16-5-6-17(11-16)22(21)25(28)31/h3-10,12,16-17,21-22H,2,11,13H2,1H3/b27-12-/t16-,17-,21-,22-/m0/s1. The number of benzene rings is 2. The Balaban J connectivity index is 1.32. The van der Waals surface area contributed by atoms with E-state index in [9.17, 15) is 19.7 Å². The third-order valence-electron chi connectivity index (χ3n) is 6.63. The molecule has 35 heavy (non-hydrogen) atoms. The van der Waals surface area contributed by atoms with Crippen LogP contribution in [0.1, 0.15) is 24.5 Å². The first-order valence-electron chi connectivity index (χ1n) is 11.3. The average molecular weight is 587 g/mol. The summed E-state index contributed by atoms with van der Waals surface area (Å²) in [5.41, 5.74) is 1.46. The van der Waals surface area contributed by atoms with Crippen LogP contribution in [0, 0.1) is 37.4 Å². The molecule has 0 spiro atoms. The molecule has 2 amide bonds. The molecule has 0 unspecified atom stereocenters. The van der Waals surface area contributed by atoms with Crippen molar-refractivity contribution >= 4 is 46.3 Å². The largest absolute Gasteiger partial charge is 0.490 e. The molecule has 1 heterocycles. The Labute approximate surface area is 215 Å². The molecule has 2 fully saturated rings. The summed E-state index contributed by atoms with van der Waals surface area (Å²) in [6, 6.07) is 9.74. The van der Waals surface area contributed by atoms with Crippen molar-refractivity contribution < 1.29 is 24.0 Å². The highest BCUT2D eigenvalue weighted by atomic mass is 127. The van der Waals surface area contributed by atoms with Crippen molar-refractivity contribution in [2.75, 3.05) is 6.61 Å². The van der Waals surface area contributed by atoms with E-state index in [1.54, 1.807) is 18.2 Å². The van der Waals surface area contributed by atoms with Gasteiger partial charge < -0.3 is 9.47 Å². The van der Waals surface area contributed by atoms with Crippen molar-refractivity contribution in [3.63, 3.8) is 0 Å². The lowest BCUT2D eigenvalue weighted by Gasteiger charge is -2.15. The predicted molar refractivity (Wildman–Crippen MR) is 135 cm³/mol. The van der Waals surface area contributed by atoms with E-state index < -0.39 is 4.92 Å². The number of imide groups is 1. The molecular weight excluding hydrogens is 565 g/mol. The number of carbonyl (C=O) groups excluding carboxylic acids is 2. The lowest BCUT2D eigenvalue weighted by molar-refractivity contribution is -0.384. The van der Waals surface area contributed by atoms with E-state index >= 15 is 0 Å². The molecule has 10 heteroatoms. The van der Waals surface area contributed by atoms with E-state index in [0.29, 0.717) is 23.7 Å². The molecule has 9 nitrogen and oxygen atoms in total. The van der Waals surface area contributed by atoms with Gasteiger partial charge in [-0.2, -0.15) is 10.1 Å². The van der Waals surface area contributed by atoms with Crippen LogP contribution in [0.15, 0.2) is 53.7 Å². The molecule has 4 atom stereocenters. The highest BCUT2D eigenvalue weighted by Gasteiger charge is 2.59. The minimum atomic E-state index is -0.447. The summed E-state index contributed by atoms with van der Waals surface area (Å²) in [7, 11) is 0. The quantitative estimate of drug-likeness (QED) is 0.114. The number of fused-ring (bicyclic) bond motifs is 5. The van der Waals surface area contributed by atoms with Crippen LogP contribution in [-0.2, 0) is 16.2 Å². The number of hydrogen-bond acceptors (Lipinski definition) is 7. The second-order valence-electron chi connectivity index (χ2n) is 8.71. The molecule has 2 bridgehead atoms. The summed E-state index contributed by atoms with van der Waals surface area (Å²) in [6.45, 7) is 2.47. The van der Waals surface area contributed by atoms with E-state index in [-0.39, 0.29) is 47.8 Å². The molecule has 180 valence electrons. The molecule has 5 rings (SSSR count). The number of nitro groups is 1. The SMILES string of the molecule is CCOc1cc(/C=N\N2C(=O)[C@@H]3[C@@H](C2=O)[C@H]2C=C[C@H]3C2)cc(I)c1OCc1ccc([N+](=O)[O-])cc1. The first-order chi connectivity index (χ1) is 16.9. The van der Waals surface area contributed by atoms with Crippen LogP contribution in [0.25, 0.3) is 0 Å². The first kappa shape index (κ1) is 23.5. The fourth-order valence-corrected chi connectivity index (χ4v) is 5.84. The zero-order valence-corrected chi connectivity index (χ0v) is 21.0. The third kappa shape index (κ3) is 4.30. The van der Waals surface area contributed by atoms with Gasteiger partial charge in [0.25, 0.3) is 17.5 Å². The highest BCUT2D eigenvalue weighted by Crippen LogP contribution is 2.52. The zero-order chi connectivity index (χ0) is 24.7.